The van der Waals surface area contributed by atoms with Gasteiger partial charge in [0.25, 0.3) is 0 Å². The van der Waals surface area contributed by atoms with E-state index in [1.165, 1.54) is 22.4 Å². The Morgan fingerprint density at radius 3 is 2.48 bits per heavy atom. The average Bonchev–Trinajstić information content (AvgIpc) is 3.24. The monoisotopic (exact) mass is 366 g/mol. The molecule has 0 saturated heterocycles. The lowest BCUT2D eigenvalue weighted by molar-refractivity contribution is 0.250. The van der Waals surface area contributed by atoms with E-state index >= 15 is 0 Å². The van der Waals surface area contributed by atoms with Crippen molar-refractivity contribution in [3.63, 3.8) is 0 Å². The molecule has 3 rings (SSSR count). The highest BCUT2D eigenvalue weighted by atomic mass is 16.3. The van der Waals surface area contributed by atoms with Gasteiger partial charge in [0.15, 0.2) is 0 Å². The van der Waals surface area contributed by atoms with Gasteiger partial charge in [0.1, 0.15) is 5.76 Å². The highest BCUT2D eigenvalue weighted by molar-refractivity contribution is 5.27. The first kappa shape index (κ1) is 19.4. The van der Waals surface area contributed by atoms with Crippen LogP contribution < -0.4 is 5.32 Å². The molecule has 0 radical (unpaired) electrons. The van der Waals surface area contributed by atoms with Crippen molar-refractivity contribution < 1.29 is 4.42 Å². The molecule has 3 aromatic rings. The quantitative estimate of drug-likeness (QED) is 0.658. The lowest BCUT2D eigenvalue weighted by atomic mass is 10.1. The molecule has 27 heavy (non-hydrogen) atoms. The number of hydrogen-bond donors (Lipinski definition) is 1. The van der Waals surface area contributed by atoms with Crippen molar-refractivity contribution in [2.24, 2.45) is 0 Å². The maximum atomic E-state index is 5.59. The van der Waals surface area contributed by atoms with Gasteiger partial charge in [0.2, 0.25) is 0 Å². The van der Waals surface area contributed by atoms with Crippen molar-refractivity contribution in [3.05, 3.63) is 76.5 Å². The van der Waals surface area contributed by atoms with Crippen LogP contribution in [0.5, 0.6) is 0 Å². The predicted molar refractivity (Wildman–Crippen MR) is 109 cm³/mol. The number of rotatable bonds is 8. The SMILES string of the molecule is Cc1ccc(Cn2nc(C)c(CNCC(c3ccco3)N(C)C)c2C)cc1. The number of furan rings is 1. The smallest absolute Gasteiger partial charge is 0.122 e. The third-order valence-electron chi connectivity index (χ3n) is 5.12. The summed E-state index contributed by atoms with van der Waals surface area (Å²) in [5.74, 6) is 0.982. The Hall–Kier alpha value is -2.37. The second kappa shape index (κ2) is 8.55. The summed E-state index contributed by atoms with van der Waals surface area (Å²) in [6.45, 7) is 8.78. The van der Waals surface area contributed by atoms with Crippen LogP contribution in [0, 0.1) is 20.8 Å². The van der Waals surface area contributed by atoms with Gasteiger partial charge in [-0.25, -0.2) is 0 Å². The summed E-state index contributed by atoms with van der Waals surface area (Å²) in [4.78, 5) is 2.17. The molecule has 144 valence electrons. The molecular formula is C22H30N4O. The second-order valence-corrected chi connectivity index (χ2v) is 7.42. The Labute approximate surface area is 162 Å². The molecule has 1 atom stereocenters. The van der Waals surface area contributed by atoms with Gasteiger partial charge in [-0.2, -0.15) is 5.10 Å². The van der Waals surface area contributed by atoms with Crippen LogP contribution in [0.25, 0.3) is 0 Å². The van der Waals surface area contributed by atoms with Crippen LogP contribution in [0.1, 0.15) is 39.9 Å². The summed E-state index contributed by atoms with van der Waals surface area (Å²) in [5.41, 5.74) is 6.14. The van der Waals surface area contributed by atoms with E-state index in [-0.39, 0.29) is 6.04 Å². The molecule has 0 aliphatic carbocycles. The van der Waals surface area contributed by atoms with Gasteiger partial charge < -0.3 is 9.73 Å². The van der Waals surface area contributed by atoms with Crippen molar-refractivity contribution in [2.45, 2.75) is 39.9 Å². The average molecular weight is 367 g/mol. The van der Waals surface area contributed by atoms with Gasteiger partial charge in [0, 0.05) is 24.3 Å². The van der Waals surface area contributed by atoms with Crippen LogP contribution >= 0.6 is 0 Å². The van der Waals surface area contributed by atoms with Crippen molar-refractivity contribution in [2.75, 3.05) is 20.6 Å². The van der Waals surface area contributed by atoms with Gasteiger partial charge in [-0.3, -0.25) is 9.58 Å². The van der Waals surface area contributed by atoms with Gasteiger partial charge in [-0.15, -0.1) is 0 Å². The topological polar surface area (TPSA) is 46.2 Å². The molecule has 2 aromatic heterocycles. The largest absolute Gasteiger partial charge is 0.468 e. The van der Waals surface area contributed by atoms with Crippen LogP contribution in [0.3, 0.4) is 0 Å². The molecule has 0 amide bonds. The Morgan fingerprint density at radius 2 is 1.85 bits per heavy atom. The fraction of sp³-hybridized carbons (Fsp3) is 0.409. The first-order valence-corrected chi connectivity index (χ1v) is 9.44. The van der Waals surface area contributed by atoms with Crippen LogP contribution in [0.4, 0.5) is 0 Å². The third kappa shape index (κ3) is 4.67. The standard InChI is InChI=1S/C22H30N4O/c1-16-8-10-19(11-9-16)15-26-18(3)20(17(2)24-26)13-23-14-21(25(4)5)22-7-6-12-27-22/h6-12,21,23H,13-15H2,1-5H3. The Morgan fingerprint density at radius 1 is 1.11 bits per heavy atom. The van der Waals surface area contributed by atoms with Gasteiger partial charge in [0.05, 0.1) is 24.5 Å². The minimum absolute atomic E-state index is 0.211. The maximum absolute atomic E-state index is 5.59. The Balaban J connectivity index is 1.65. The first-order chi connectivity index (χ1) is 13.0. The second-order valence-electron chi connectivity index (χ2n) is 7.42. The van der Waals surface area contributed by atoms with Gasteiger partial charge in [-0.05, 0) is 52.6 Å². The highest BCUT2D eigenvalue weighted by Gasteiger charge is 2.17. The minimum Gasteiger partial charge on any atom is -0.468 e. The van der Waals surface area contributed by atoms with E-state index in [4.69, 9.17) is 9.52 Å². The van der Waals surface area contributed by atoms with E-state index in [0.717, 1.165) is 31.1 Å². The number of benzene rings is 1. The molecule has 0 fully saturated rings. The molecular weight excluding hydrogens is 336 g/mol. The summed E-state index contributed by atoms with van der Waals surface area (Å²) in [5, 5.41) is 8.34. The van der Waals surface area contributed by atoms with E-state index in [0.29, 0.717) is 0 Å². The van der Waals surface area contributed by atoms with Crippen LogP contribution in [-0.2, 0) is 13.1 Å². The van der Waals surface area contributed by atoms with Gasteiger partial charge >= 0.3 is 0 Å². The highest BCUT2D eigenvalue weighted by Crippen LogP contribution is 2.19. The summed E-state index contributed by atoms with van der Waals surface area (Å²) < 4.78 is 7.69. The Kier molecular flexibility index (Phi) is 6.14. The number of likely N-dealkylation sites (N-methyl/N-ethyl adjacent to an activating group) is 1. The van der Waals surface area contributed by atoms with Crippen molar-refractivity contribution in [3.8, 4) is 0 Å². The van der Waals surface area contributed by atoms with Crippen LogP contribution in [0.2, 0.25) is 0 Å². The summed E-state index contributed by atoms with van der Waals surface area (Å²) in [6.07, 6.45) is 1.73. The molecule has 0 bridgehead atoms. The van der Waals surface area contributed by atoms with E-state index < -0.39 is 0 Å². The lowest BCUT2D eigenvalue weighted by Crippen LogP contribution is -2.30. The molecule has 5 nitrogen and oxygen atoms in total. The van der Waals surface area contributed by atoms with Crippen LogP contribution in [-0.4, -0.2) is 35.3 Å². The zero-order valence-electron chi connectivity index (χ0n) is 17.0. The summed E-state index contributed by atoms with van der Waals surface area (Å²) in [7, 11) is 4.15. The van der Waals surface area contributed by atoms with Crippen molar-refractivity contribution in [1.82, 2.24) is 20.0 Å². The van der Waals surface area contributed by atoms with Crippen molar-refractivity contribution in [1.29, 1.82) is 0 Å². The molecule has 0 aliphatic heterocycles. The van der Waals surface area contributed by atoms with Crippen molar-refractivity contribution >= 4 is 0 Å². The molecule has 5 heteroatoms. The number of nitrogens with zero attached hydrogens (tertiary/aromatic N) is 3. The number of nitrogens with one attached hydrogen (secondary N) is 1. The minimum atomic E-state index is 0.211. The van der Waals surface area contributed by atoms with E-state index in [1.54, 1.807) is 6.26 Å². The molecule has 1 N–H and O–H groups in total. The summed E-state index contributed by atoms with van der Waals surface area (Å²) in [6, 6.07) is 12.8. The molecule has 0 saturated carbocycles. The van der Waals surface area contributed by atoms with E-state index in [9.17, 15) is 0 Å². The van der Waals surface area contributed by atoms with Crippen LogP contribution in [0.15, 0.2) is 47.1 Å². The third-order valence-corrected chi connectivity index (χ3v) is 5.12. The molecule has 0 aliphatic rings. The van der Waals surface area contributed by atoms with E-state index in [1.807, 2.05) is 12.1 Å². The normalized spacial score (nSPS) is 12.7. The fourth-order valence-electron chi connectivity index (χ4n) is 3.36. The molecule has 0 spiro atoms. The number of aromatic nitrogens is 2. The lowest BCUT2D eigenvalue weighted by Gasteiger charge is -2.22. The summed E-state index contributed by atoms with van der Waals surface area (Å²) >= 11 is 0. The molecule has 1 unspecified atom stereocenters. The maximum Gasteiger partial charge on any atom is 0.122 e. The Bertz CT molecular complexity index is 847. The zero-order chi connectivity index (χ0) is 19.4. The molecule has 1 aromatic carbocycles. The predicted octanol–water partition coefficient (Wildman–Crippen LogP) is 3.84. The fourth-order valence-corrected chi connectivity index (χ4v) is 3.36. The zero-order valence-corrected chi connectivity index (χ0v) is 17.0. The van der Waals surface area contributed by atoms with Gasteiger partial charge in [-0.1, -0.05) is 29.8 Å². The molecule has 2 heterocycles. The number of aryl methyl sites for hydroxylation is 2. The van der Waals surface area contributed by atoms with E-state index in [2.05, 4.69) is 74.0 Å². The number of hydrogen-bond acceptors (Lipinski definition) is 4. The first-order valence-electron chi connectivity index (χ1n) is 9.44.